The highest BCUT2D eigenvalue weighted by molar-refractivity contribution is 6.12. The van der Waals surface area contributed by atoms with Gasteiger partial charge in [-0.25, -0.2) is 0 Å². The molecule has 3 rings (SSSR count). The van der Waals surface area contributed by atoms with Crippen molar-refractivity contribution in [1.29, 1.82) is 0 Å². The van der Waals surface area contributed by atoms with Gasteiger partial charge in [0.2, 0.25) is 0 Å². The largest absolute Gasteiger partial charge is 0.496 e. The average Bonchev–Trinajstić information content (AvgIpc) is 2.61. The van der Waals surface area contributed by atoms with Gasteiger partial charge in [-0.2, -0.15) is 0 Å². The van der Waals surface area contributed by atoms with Crippen molar-refractivity contribution in [3.05, 3.63) is 69.3 Å². The number of fused-ring (bicyclic) bond motifs is 1. The Hall–Kier alpha value is -2.39. The van der Waals surface area contributed by atoms with Crippen molar-refractivity contribution in [3.8, 4) is 5.75 Å². The summed E-state index contributed by atoms with van der Waals surface area (Å²) in [5, 5.41) is 9.56. The fourth-order valence-electron chi connectivity index (χ4n) is 3.33. The Morgan fingerprint density at radius 2 is 1.84 bits per heavy atom. The van der Waals surface area contributed by atoms with Crippen molar-refractivity contribution < 1.29 is 9.84 Å². The lowest BCUT2D eigenvalue weighted by Crippen LogP contribution is -2.12. The van der Waals surface area contributed by atoms with Crippen LogP contribution in [0.25, 0.3) is 6.08 Å². The zero-order valence-electron chi connectivity index (χ0n) is 15.4. The number of rotatable bonds is 4. The number of aliphatic hydroxyl groups is 1. The number of aliphatic imine (C=N–C) groups is 1. The Bertz CT molecular complexity index is 863. The molecule has 130 valence electrons. The minimum atomic E-state index is 0.0624. The second kappa shape index (κ2) is 7.24. The lowest BCUT2D eigenvalue weighted by atomic mass is 9.92. The number of methoxy groups -OCH3 is 1. The van der Waals surface area contributed by atoms with Crippen LogP contribution in [0, 0.1) is 20.8 Å². The van der Waals surface area contributed by atoms with Gasteiger partial charge in [-0.15, -0.1) is 0 Å². The summed E-state index contributed by atoms with van der Waals surface area (Å²) >= 11 is 0. The number of hydrogen-bond donors (Lipinski definition) is 1. The van der Waals surface area contributed by atoms with Crippen LogP contribution in [0.1, 0.15) is 38.9 Å². The van der Waals surface area contributed by atoms with Crippen LogP contribution in [0.3, 0.4) is 0 Å². The predicted octanol–water partition coefficient (Wildman–Crippen LogP) is 4.17. The summed E-state index contributed by atoms with van der Waals surface area (Å²) in [6.45, 7) is 7.07. The summed E-state index contributed by atoms with van der Waals surface area (Å²) < 4.78 is 5.39. The molecule has 1 N–H and O–H groups in total. The maximum Gasteiger partial charge on any atom is 0.122 e. The van der Waals surface area contributed by atoms with Crippen molar-refractivity contribution in [2.75, 3.05) is 13.7 Å². The number of benzene rings is 2. The Morgan fingerprint density at radius 3 is 2.56 bits per heavy atom. The van der Waals surface area contributed by atoms with Crippen molar-refractivity contribution in [1.82, 2.24) is 0 Å². The predicted molar refractivity (Wildman–Crippen MR) is 104 cm³/mol. The van der Waals surface area contributed by atoms with E-state index in [4.69, 9.17) is 9.73 Å². The normalized spacial score (nSPS) is 13.7. The molecule has 1 aliphatic heterocycles. The molecule has 0 amide bonds. The Morgan fingerprint density at radius 1 is 1.04 bits per heavy atom. The summed E-state index contributed by atoms with van der Waals surface area (Å²) in [4.78, 5) is 4.70. The maximum absolute atomic E-state index is 9.56. The molecular weight excluding hydrogens is 310 g/mol. The third kappa shape index (κ3) is 3.52. The summed E-state index contributed by atoms with van der Waals surface area (Å²) in [6.07, 6.45) is 5.16. The van der Waals surface area contributed by atoms with Gasteiger partial charge in [0.05, 0.1) is 19.4 Å². The molecular formula is C22H25NO2. The molecule has 1 heterocycles. The smallest absolute Gasteiger partial charge is 0.122 e. The lowest BCUT2D eigenvalue weighted by Gasteiger charge is -2.17. The zero-order valence-corrected chi connectivity index (χ0v) is 15.4. The van der Waals surface area contributed by atoms with Gasteiger partial charge in [0, 0.05) is 12.1 Å². The highest BCUT2D eigenvalue weighted by atomic mass is 16.5. The molecule has 0 unspecified atom stereocenters. The van der Waals surface area contributed by atoms with E-state index >= 15 is 0 Å². The molecule has 0 aliphatic carbocycles. The van der Waals surface area contributed by atoms with Gasteiger partial charge in [-0.05, 0) is 84.8 Å². The SMILES string of the molecule is COc1cc(C)c(/C=C/C2=NCCc3cc(C)c(CO)cc32)cc1C. The Balaban J connectivity index is 1.96. The van der Waals surface area contributed by atoms with Crippen LogP contribution >= 0.6 is 0 Å². The van der Waals surface area contributed by atoms with Crippen molar-refractivity contribution in [3.63, 3.8) is 0 Å². The molecule has 0 spiro atoms. The van der Waals surface area contributed by atoms with E-state index < -0.39 is 0 Å². The van der Waals surface area contributed by atoms with Crippen molar-refractivity contribution in [2.45, 2.75) is 33.8 Å². The van der Waals surface area contributed by atoms with E-state index in [1.165, 1.54) is 16.7 Å². The molecule has 0 saturated heterocycles. The minimum absolute atomic E-state index is 0.0624. The molecule has 3 heteroatoms. The van der Waals surface area contributed by atoms with E-state index in [2.05, 4.69) is 57.2 Å². The van der Waals surface area contributed by atoms with E-state index in [9.17, 15) is 5.11 Å². The second-order valence-corrected chi connectivity index (χ2v) is 6.62. The average molecular weight is 335 g/mol. The van der Waals surface area contributed by atoms with Gasteiger partial charge in [-0.3, -0.25) is 4.99 Å². The monoisotopic (exact) mass is 335 g/mol. The first kappa shape index (κ1) is 17.4. The Labute approximate surface area is 149 Å². The number of hydrogen-bond acceptors (Lipinski definition) is 3. The zero-order chi connectivity index (χ0) is 18.0. The third-order valence-electron chi connectivity index (χ3n) is 4.88. The first-order valence-corrected chi connectivity index (χ1v) is 8.65. The van der Waals surface area contributed by atoms with E-state index in [1.807, 2.05) is 0 Å². The summed E-state index contributed by atoms with van der Waals surface area (Å²) in [5.74, 6) is 0.915. The molecule has 25 heavy (non-hydrogen) atoms. The third-order valence-corrected chi connectivity index (χ3v) is 4.88. The van der Waals surface area contributed by atoms with Crippen LogP contribution in [-0.4, -0.2) is 24.5 Å². The van der Waals surface area contributed by atoms with E-state index in [-0.39, 0.29) is 6.61 Å². The lowest BCUT2D eigenvalue weighted by molar-refractivity contribution is 0.281. The van der Waals surface area contributed by atoms with E-state index in [0.717, 1.165) is 46.7 Å². The molecule has 0 fully saturated rings. The standard InChI is InChI=1S/C22H25NO2/c1-14-9-18-7-8-23-21(20(18)12-19(14)13-24)6-5-17-10-16(3)22(25-4)11-15(17)2/h5-6,9-12,24H,7-8,13H2,1-4H3/b6-5+. The van der Waals surface area contributed by atoms with Crippen LogP contribution < -0.4 is 4.74 Å². The number of nitrogens with zero attached hydrogens (tertiary/aromatic N) is 1. The first-order chi connectivity index (χ1) is 12.0. The van der Waals surface area contributed by atoms with Gasteiger partial charge in [0.25, 0.3) is 0 Å². The maximum atomic E-state index is 9.56. The van der Waals surface area contributed by atoms with Gasteiger partial charge in [0.1, 0.15) is 5.75 Å². The van der Waals surface area contributed by atoms with Crippen LogP contribution in [-0.2, 0) is 13.0 Å². The molecule has 2 aromatic rings. The van der Waals surface area contributed by atoms with E-state index in [1.54, 1.807) is 7.11 Å². The number of aliphatic hydroxyl groups excluding tert-OH is 1. The summed E-state index contributed by atoms with van der Waals surface area (Å²) in [6, 6.07) is 8.48. The molecule has 3 nitrogen and oxygen atoms in total. The molecule has 0 saturated carbocycles. The number of allylic oxidation sites excluding steroid dienone is 1. The molecule has 2 aromatic carbocycles. The second-order valence-electron chi connectivity index (χ2n) is 6.62. The van der Waals surface area contributed by atoms with Crippen molar-refractivity contribution in [2.24, 2.45) is 4.99 Å². The molecule has 0 atom stereocenters. The van der Waals surface area contributed by atoms with Crippen LogP contribution in [0.5, 0.6) is 5.75 Å². The van der Waals surface area contributed by atoms with Crippen LogP contribution in [0.2, 0.25) is 0 Å². The van der Waals surface area contributed by atoms with Gasteiger partial charge in [0.15, 0.2) is 0 Å². The van der Waals surface area contributed by atoms with Crippen LogP contribution in [0.4, 0.5) is 0 Å². The highest BCUT2D eigenvalue weighted by Crippen LogP contribution is 2.25. The summed E-state index contributed by atoms with van der Waals surface area (Å²) in [7, 11) is 1.70. The van der Waals surface area contributed by atoms with Gasteiger partial charge < -0.3 is 9.84 Å². The van der Waals surface area contributed by atoms with Gasteiger partial charge in [-0.1, -0.05) is 12.1 Å². The minimum Gasteiger partial charge on any atom is -0.496 e. The van der Waals surface area contributed by atoms with Crippen molar-refractivity contribution >= 4 is 11.8 Å². The Kier molecular flexibility index (Phi) is 5.05. The molecule has 0 bridgehead atoms. The number of ether oxygens (including phenoxy) is 1. The van der Waals surface area contributed by atoms with Crippen LogP contribution in [0.15, 0.2) is 35.3 Å². The van der Waals surface area contributed by atoms with Gasteiger partial charge >= 0.3 is 0 Å². The molecule has 1 aliphatic rings. The topological polar surface area (TPSA) is 41.8 Å². The molecule has 0 aromatic heterocycles. The van der Waals surface area contributed by atoms with E-state index in [0.29, 0.717) is 0 Å². The fourth-order valence-corrected chi connectivity index (χ4v) is 3.33. The fraction of sp³-hybridized carbons (Fsp3) is 0.318. The number of aryl methyl sites for hydroxylation is 3. The molecule has 0 radical (unpaired) electrons. The highest BCUT2D eigenvalue weighted by Gasteiger charge is 2.14. The summed E-state index contributed by atoms with van der Waals surface area (Å²) in [5.41, 5.74) is 9.02. The quantitative estimate of drug-likeness (QED) is 0.911. The first-order valence-electron chi connectivity index (χ1n) is 8.65.